The third-order valence-electron chi connectivity index (χ3n) is 3.05. The molecule has 1 rings (SSSR count). The van der Waals surface area contributed by atoms with Crippen LogP contribution < -0.4 is 5.32 Å². The molecule has 0 bridgehead atoms. The Kier molecular flexibility index (Phi) is 5.69. The predicted molar refractivity (Wildman–Crippen MR) is 58.0 cm³/mol. The van der Waals surface area contributed by atoms with Crippen LogP contribution in [0.4, 0.5) is 13.2 Å². The Hall–Kier alpha value is -0.330. The van der Waals surface area contributed by atoms with Gasteiger partial charge in [-0.25, -0.2) is 0 Å². The third-order valence-corrected chi connectivity index (χ3v) is 3.05. The van der Waals surface area contributed by atoms with Crippen molar-refractivity contribution in [2.24, 2.45) is 0 Å². The van der Waals surface area contributed by atoms with Crippen LogP contribution in [-0.4, -0.2) is 45.2 Å². The maximum atomic E-state index is 11.7. The molecule has 1 aliphatic rings. The van der Waals surface area contributed by atoms with Crippen molar-refractivity contribution in [2.75, 3.05) is 33.4 Å². The van der Waals surface area contributed by atoms with Crippen molar-refractivity contribution in [1.29, 1.82) is 0 Å². The van der Waals surface area contributed by atoms with Gasteiger partial charge in [0, 0.05) is 20.3 Å². The van der Waals surface area contributed by atoms with E-state index in [1.165, 1.54) is 6.42 Å². The van der Waals surface area contributed by atoms with Crippen LogP contribution in [0.2, 0.25) is 0 Å². The molecular weight excluding hydrogens is 235 g/mol. The fraction of sp³-hybridized carbons (Fsp3) is 1.00. The molecule has 0 heterocycles. The zero-order valence-electron chi connectivity index (χ0n) is 10.1. The van der Waals surface area contributed by atoms with Gasteiger partial charge in [-0.15, -0.1) is 0 Å². The minimum absolute atomic E-state index is 0.0349. The Morgan fingerprint density at radius 1 is 1.29 bits per heavy atom. The molecule has 0 atom stereocenters. The van der Waals surface area contributed by atoms with Crippen LogP contribution in [0.1, 0.15) is 25.7 Å². The fourth-order valence-corrected chi connectivity index (χ4v) is 1.83. The van der Waals surface area contributed by atoms with Crippen LogP contribution in [0.5, 0.6) is 0 Å². The van der Waals surface area contributed by atoms with Gasteiger partial charge in [0.2, 0.25) is 0 Å². The molecule has 1 fully saturated rings. The van der Waals surface area contributed by atoms with Gasteiger partial charge < -0.3 is 14.8 Å². The van der Waals surface area contributed by atoms with E-state index in [-0.39, 0.29) is 12.2 Å². The molecule has 3 nitrogen and oxygen atoms in total. The molecule has 0 saturated heterocycles. The Bertz CT molecular complexity index is 212. The number of rotatable bonds is 8. The SMILES string of the molecule is COC1(CNCCCOCC(F)(F)F)CCC1. The minimum atomic E-state index is -4.22. The summed E-state index contributed by atoms with van der Waals surface area (Å²) in [4.78, 5) is 0. The Morgan fingerprint density at radius 2 is 2.00 bits per heavy atom. The van der Waals surface area contributed by atoms with Crippen LogP contribution >= 0.6 is 0 Å². The van der Waals surface area contributed by atoms with E-state index >= 15 is 0 Å². The van der Waals surface area contributed by atoms with E-state index in [1.54, 1.807) is 7.11 Å². The third kappa shape index (κ3) is 5.70. The number of hydrogen-bond acceptors (Lipinski definition) is 3. The quantitative estimate of drug-likeness (QED) is 0.674. The average Bonchev–Trinajstić information content (AvgIpc) is 2.18. The molecule has 0 unspecified atom stereocenters. The summed E-state index contributed by atoms with van der Waals surface area (Å²) in [5.74, 6) is 0. The zero-order chi connectivity index (χ0) is 12.8. The number of nitrogens with one attached hydrogen (secondary N) is 1. The molecule has 0 aromatic heterocycles. The summed E-state index contributed by atoms with van der Waals surface area (Å²) in [5.41, 5.74) is -0.0349. The average molecular weight is 255 g/mol. The lowest BCUT2D eigenvalue weighted by molar-refractivity contribution is -0.174. The summed E-state index contributed by atoms with van der Waals surface area (Å²) >= 11 is 0. The summed E-state index contributed by atoms with van der Waals surface area (Å²) in [6, 6.07) is 0. The van der Waals surface area contributed by atoms with E-state index in [0.29, 0.717) is 13.0 Å². The Balaban J connectivity index is 1.91. The maximum absolute atomic E-state index is 11.7. The van der Waals surface area contributed by atoms with Gasteiger partial charge in [-0.2, -0.15) is 13.2 Å². The van der Waals surface area contributed by atoms with Crippen molar-refractivity contribution < 1.29 is 22.6 Å². The molecule has 0 aromatic rings. The van der Waals surface area contributed by atoms with E-state index in [0.717, 1.165) is 19.4 Å². The topological polar surface area (TPSA) is 30.5 Å². The lowest BCUT2D eigenvalue weighted by Gasteiger charge is -2.40. The van der Waals surface area contributed by atoms with E-state index in [9.17, 15) is 13.2 Å². The van der Waals surface area contributed by atoms with Crippen molar-refractivity contribution in [1.82, 2.24) is 5.32 Å². The standard InChI is InChI=1S/C11H20F3NO2/c1-16-10(4-2-5-10)8-15-6-3-7-17-9-11(12,13)14/h15H,2-9H2,1H3. The number of alkyl halides is 3. The molecule has 1 saturated carbocycles. The summed E-state index contributed by atoms with van der Waals surface area (Å²) in [5, 5.41) is 3.19. The molecular formula is C11H20F3NO2. The molecule has 102 valence electrons. The molecule has 1 N–H and O–H groups in total. The monoisotopic (exact) mass is 255 g/mol. The van der Waals surface area contributed by atoms with Crippen molar-refractivity contribution in [3.8, 4) is 0 Å². The highest BCUT2D eigenvalue weighted by Gasteiger charge is 2.36. The minimum Gasteiger partial charge on any atom is -0.377 e. The van der Waals surface area contributed by atoms with Crippen molar-refractivity contribution in [3.63, 3.8) is 0 Å². The summed E-state index contributed by atoms with van der Waals surface area (Å²) in [6.07, 6.45) is -0.346. The van der Waals surface area contributed by atoms with Gasteiger partial charge in [-0.05, 0) is 32.2 Å². The highest BCUT2D eigenvalue weighted by molar-refractivity contribution is 4.91. The first-order chi connectivity index (χ1) is 7.97. The number of hydrogen-bond donors (Lipinski definition) is 1. The fourth-order valence-electron chi connectivity index (χ4n) is 1.83. The molecule has 0 radical (unpaired) electrons. The summed E-state index contributed by atoms with van der Waals surface area (Å²) in [6.45, 7) is 0.396. The molecule has 0 spiro atoms. The van der Waals surface area contributed by atoms with E-state index < -0.39 is 12.8 Å². The van der Waals surface area contributed by atoms with Gasteiger partial charge in [0.15, 0.2) is 0 Å². The highest BCUT2D eigenvalue weighted by atomic mass is 19.4. The van der Waals surface area contributed by atoms with Crippen molar-refractivity contribution in [3.05, 3.63) is 0 Å². The molecule has 0 aliphatic heterocycles. The second-order valence-electron chi connectivity index (χ2n) is 4.44. The Labute approximate surface area is 99.7 Å². The van der Waals surface area contributed by atoms with Gasteiger partial charge in [0.1, 0.15) is 6.61 Å². The first kappa shape index (κ1) is 14.7. The largest absolute Gasteiger partial charge is 0.411 e. The van der Waals surface area contributed by atoms with Gasteiger partial charge in [-0.1, -0.05) is 0 Å². The van der Waals surface area contributed by atoms with E-state index in [1.807, 2.05) is 0 Å². The smallest absolute Gasteiger partial charge is 0.377 e. The zero-order valence-corrected chi connectivity index (χ0v) is 10.1. The number of halogens is 3. The van der Waals surface area contributed by atoms with Crippen LogP contribution in [0.3, 0.4) is 0 Å². The predicted octanol–water partition coefficient (Wildman–Crippen LogP) is 2.11. The van der Waals surface area contributed by atoms with E-state index in [4.69, 9.17) is 4.74 Å². The van der Waals surface area contributed by atoms with Crippen LogP contribution in [0, 0.1) is 0 Å². The van der Waals surface area contributed by atoms with Crippen LogP contribution in [-0.2, 0) is 9.47 Å². The molecule has 6 heteroatoms. The molecule has 0 aromatic carbocycles. The van der Waals surface area contributed by atoms with Crippen molar-refractivity contribution >= 4 is 0 Å². The first-order valence-electron chi connectivity index (χ1n) is 5.88. The van der Waals surface area contributed by atoms with Crippen molar-refractivity contribution in [2.45, 2.75) is 37.5 Å². The number of methoxy groups -OCH3 is 1. The van der Waals surface area contributed by atoms with Gasteiger partial charge in [0.05, 0.1) is 5.60 Å². The van der Waals surface area contributed by atoms with Crippen LogP contribution in [0.25, 0.3) is 0 Å². The first-order valence-corrected chi connectivity index (χ1v) is 5.88. The van der Waals surface area contributed by atoms with Crippen LogP contribution in [0.15, 0.2) is 0 Å². The Morgan fingerprint density at radius 3 is 2.47 bits per heavy atom. The highest BCUT2D eigenvalue weighted by Crippen LogP contribution is 2.34. The second-order valence-corrected chi connectivity index (χ2v) is 4.44. The van der Waals surface area contributed by atoms with Gasteiger partial charge >= 0.3 is 6.18 Å². The molecule has 0 amide bonds. The lowest BCUT2D eigenvalue weighted by atomic mass is 9.80. The maximum Gasteiger partial charge on any atom is 0.411 e. The van der Waals surface area contributed by atoms with E-state index in [2.05, 4.69) is 10.1 Å². The van der Waals surface area contributed by atoms with Gasteiger partial charge in [0.25, 0.3) is 0 Å². The number of ether oxygens (including phenoxy) is 2. The molecule has 1 aliphatic carbocycles. The normalized spacial score (nSPS) is 19.1. The lowest BCUT2D eigenvalue weighted by Crippen LogP contribution is -2.48. The summed E-state index contributed by atoms with van der Waals surface area (Å²) < 4.78 is 45.1. The second kappa shape index (κ2) is 6.56. The molecule has 17 heavy (non-hydrogen) atoms. The summed E-state index contributed by atoms with van der Waals surface area (Å²) in [7, 11) is 1.70. The van der Waals surface area contributed by atoms with Gasteiger partial charge in [-0.3, -0.25) is 0 Å².